The van der Waals surface area contributed by atoms with Crippen molar-refractivity contribution in [3.05, 3.63) is 0 Å². The summed E-state index contributed by atoms with van der Waals surface area (Å²) in [7, 11) is 5.14. The van der Waals surface area contributed by atoms with Gasteiger partial charge in [0.25, 0.3) is 0 Å². The number of hydrogen-bond donors (Lipinski definition) is 0. The second kappa shape index (κ2) is 25.6. The second-order valence-corrected chi connectivity index (χ2v) is 18.1. The molecular formula is C26H58O4S3Si2. The lowest BCUT2D eigenvalue weighted by molar-refractivity contribution is -0.179. The quantitative estimate of drug-likeness (QED) is 0.0405. The Balaban J connectivity index is 4.26. The molecule has 0 spiro atoms. The van der Waals surface area contributed by atoms with Crippen molar-refractivity contribution in [3.63, 3.8) is 0 Å². The molecule has 0 aliphatic rings. The lowest BCUT2D eigenvalue weighted by Gasteiger charge is -2.33. The van der Waals surface area contributed by atoms with Crippen LogP contribution in [-0.2, 0) is 18.9 Å². The summed E-state index contributed by atoms with van der Waals surface area (Å²) in [5.74, 6) is 2.32. The maximum Gasteiger partial charge on any atom is 0.144 e. The van der Waals surface area contributed by atoms with Crippen LogP contribution in [-0.4, -0.2) is 67.8 Å². The van der Waals surface area contributed by atoms with Crippen molar-refractivity contribution in [1.29, 1.82) is 0 Å². The monoisotopic (exact) mass is 586 g/mol. The van der Waals surface area contributed by atoms with Gasteiger partial charge in [-0.2, -0.15) is 0 Å². The Morgan fingerprint density at radius 3 is 1.20 bits per heavy atom. The van der Waals surface area contributed by atoms with E-state index in [1.54, 1.807) is 0 Å². The number of ether oxygens (including phenoxy) is 4. The third-order valence-electron chi connectivity index (χ3n) is 6.12. The Morgan fingerprint density at radius 1 is 0.514 bits per heavy atom. The minimum atomic E-state index is -0.393. The normalized spacial score (nSPS) is 13.2. The van der Waals surface area contributed by atoms with Crippen LogP contribution in [0.5, 0.6) is 0 Å². The van der Waals surface area contributed by atoms with Crippen LogP contribution >= 0.6 is 31.4 Å². The first-order chi connectivity index (χ1) is 17.1. The summed E-state index contributed by atoms with van der Waals surface area (Å²) in [6, 6.07) is 2.66. The molecule has 0 aliphatic carbocycles. The summed E-state index contributed by atoms with van der Waals surface area (Å²) < 4.78 is 24.9. The van der Waals surface area contributed by atoms with Crippen molar-refractivity contribution in [2.24, 2.45) is 0 Å². The molecule has 0 bridgehead atoms. The van der Waals surface area contributed by atoms with E-state index in [1.807, 2.05) is 31.4 Å². The van der Waals surface area contributed by atoms with Crippen molar-refractivity contribution in [2.75, 3.05) is 37.9 Å². The molecule has 0 saturated carbocycles. The molecule has 0 radical (unpaired) electrons. The van der Waals surface area contributed by atoms with E-state index in [4.69, 9.17) is 18.9 Å². The highest BCUT2D eigenvalue weighted by molar-refractivity contribution is 9.09. The van der Waals surface area contributed by atoms with Crippen LogP contribution in [0.25, 0.3) is 0 Å². The number of unbranched alkanes of at least 4 members (excludes halogenated alkanes) is 4. The van der Waals surface area contributed by atoms with E-state index in [2.05, 4.69) is 41.5 Å². The highest BCUT2D eigenvalue weighted by Gasteiger charge is 2.31. The Kier molecular flexibility index (Phi) is 26.6. The first-order valence-corrected chi connectivity index (χ1v) is 21.8. The molecule has 0 aromatic rings. The van der Waals surface area contributed by atoms with Gasteiger partial charge < -0.3 is 18.9 Å². The van der Waals surface area contributed by atoms with Crippen LogP contribution in [0.4, 0.5) is 0 Å². The first-order valence-electron chi connectivity index (χ1n) is 14.5. The van der Waals surface area contributed by atoms with Gasteiger partial charge in [0.1, 0.15) is 10.8 Å². The zero-order valence-corrected chi connectivity index (χ0v) is 29.3. The van der Waals surface area contributed by atoms with Gasteiger partial charge in [-0.25, -0.2) is 0 Å². The van der Waals surface area contributed by atoms with Gasteiger partial charge in [-0.15, -0.1) is 0 Å². The lowest BCUT2D eigenvalue weighted by atomic mass is 10.3. The highest BCUT2D eigenvalue weighted by atomic mass is 33.5. The summed E-state index contributed by atoms with van der Waals surface area (Å²) in [5, 5.41) is 0. The molecule has 212 valence electrons. The van der Waals surface area contributed by atoms with Crippen LogP contribution < -0.4 is 0 Å². The smallest absolute Gasteiger partial charge is 0.144 e. The maximum absolute atomic E-state index is 6.22. The van der Waals surface area contributed by atoms with E-state index < -0.39 is 19.0 Å². The topological polar surface area (TPSA) is 36.9 Å². The molecule has 9 heteroatoms. The molecule has 35 heavy (non-hydrogen) atoms. The van der Waals surface area contributed by atoms with Gasteiger partial charge in [0.05, 0.1) is 19.0 Å². The molecule has 4 nitrogen and oxygen atoms in total. The fourth-order valence-corrected chi connectivity index (χ4v) is 13.1. The van der Waals surface area contributed by atoms with E-state index in [0.29, 0.717) is 0 Å². The van der Waals surface area contributed by atoms with Crippen LogP contribution in [0, 0.1) is 0 Å². The molecule has 0 fully saturated rings. The Bertz CT molecular complexity index is 401. The van der Waals surface area contributed by atoms with Crippen LogP contribution in [0.1, 0.15) is 106 Å². The molecule has 0 rings (SSSR count). The summed E-state index contributed by atoms with van der Waals surface area (Å²) in [6.45, 7) is 16.0. The van der Waals surface area contributed by atoms with Gasteiger partial charge in [0.2, 0.25) is 0 Å². The summed E-state index contributed by atoms with van der Waals surface area (Å²) in [5.41, 5.74) is -0.475. The Morgan fingerprint density at radius 2 is 0.886 bits per heavy atom. The minimum absolute atomic E-state index is 0.238. The van der Waals surface area contributed by atoms with Gasteiger partial charge in [-0.1, -0.05) is 86.0 Å². The SMILES string of the molecule is CCCCC[SiH2]C(CCCSSSCCCC(OCC)(OCC)[SiH2]CCCCC)(OCC)OCC. The minimum Gasteiger partial charge on any atom is -0.355 e. The lowest BCUT2D eigenvalue weighted by Crippen LogP contribution is -2.42. The van der Waals surface area contributed by atoms with Crippen molar-refractivity contribution >= 4 is 50.5 Å². The van der Waals surface area contributed by atoms with Crippen molar-refractivity contribution in [1.82, 2.24) is 0 Å². The van der Waals surface area contributed by atoms with E-state index >= 15 is 0 Å². The largest absolute Gasteiger partial charge is 0.355 e. The fourth-order valence-electron chi connectivity index (χ4n) is 4.51. The molecular weight excluding hydrogens is 529 g/mol. The van der Waals surface area contributed by atoms with E-state index in [0.717, 1.165) is 50.8 Å². The van der Waals surface area contributed by atoms with Crippen LogP contribution in [0.2, 0.25) is 12.1 Å². The third kappa shape index (κ3) is 19.1. The molecule has 0 aliphatic heterocycles. The van der Waals surface area contributed by atoms with Gasteiger partial charge in [0.15, 0.2) is 0 Å². The van der Waals surface area contributed by atoms with Gasteiger partial charge >= 0.3 is 0 Å². The molecule has 0 aromatic heterocycles. The van der Waals surface area contributed by atoms with Crippen LogP contribution in [0.3, 0.4) is 0 Å². The molecule has 0 amide bonds. The van der Waals surface area contributed by atoms with Gasteiger partial charge in [-0.05, 0) is 63.2 Å². The summed E-state index contributed by atoms with van der Waals surface area (Å²) in [6.07, 6.45) is 12.4. The number of hydrogen-bond acceptors (Lipinski definition) is 7. The molecule has 0 N–H and O–H groups in total. The van der Waals surface area contributed by atoms with Crippen molar-refractivity contribution in [2.45, 2.75) is 129 Å². The zero-order chi connectivity index (χ0) is 26.1. The second-order valence-electron chi connectivity index (χ2n) is 9.09. The van der Waals surface area contributed by atoms with E-state index in [1.165, 1.54) is 63.5 Å². The average molecular weight is 587 g/mol. The summed E-state index contributed by atoms with van der Waals surface area (Å²) >= 11 is 0. The van der Waals surface area contributed by atoms with Gasteiger partial charge in [-0.3, -0.25) is 0 Å². The predicted octanol–water partition coefficient (Wildman–Crippen LogP) is 7.58. The average Bonchev–Trinajstić information content (AvgIpc) is 2.84. The van der Waals surface area contributed by atoms with Crippen molar-refractivity contribution in [3.8, 4) is 0 Å². The zero-order valence-electron chi connectivity index (χ0n) is 24.0. The maximum atomic E-state index is 6.22. The molecule has 0 unspecified atom stereocenters. The van der Waals surface area contributed by atoms with E-state index in [9.17, 15) is 0 Å². The van der Waals surface area contributed by atoms with E-state index in [-0.39, 0.29) is 10.8 Å². The Labute approximate surface area is 235 Å². The summed E-state index contributed by atoms with van der Waals surface area (Å²) in [4.78, 5) is 0. The predicted molar refractivity (Wildman–Crippen MR) is 169 cm³/mol. The van der Waals surface area contributed by atoms with Crippen LogP contribution in [0.15, 0.2) is 0 Å². The van der Waals surface area contributed by atoms with Gasteiger partial charge in [0, 0.05) is 37.9 Å². The first kappa shape index (κ1) is 36.3. The molecule has 0 aromatic carbocycles. The standard InChI is InChI=1S/C26H58O4S3Si2/c1-7-13-15-23-34-25(27-9-3,28-10-4)19-17-21-31-33-32-22-18-20-26(29-11-5,30-12-6)35-24-16-14-8-2/h7-24,34-35H2,1-6H3. The molecule has 0 heterocycles. The highest BCUT2D eigenvalue weighted by Crippen LogP contribution is 2.37. The fraction of sp³-hybridized carbons (Fsp3) is 1.00. The Hall–Kier alpha value is 1.32. The number of rotatable bonds is 28. The molecule has 0 atom stereocenters. The molecule has 0 saturated heterocycles. The third-order valence-corrected chi connectivity index (χ3v) is 15.3. The van der Waals surface area contributed by atoms with Crippen molar-refractivity contribution < 1.29 is 18.9 Å².